The van der Waals surface area contributed by atoms with Crippen molar-refractivity contribution in [2.45, 2.75) is 12.5 Å². The molecule has 1 aromatic heterocycles. The summed E-state index contributed by atoms with van der Waals surface area (Å²) in [7, 11) is 0. The number of nitrogens with zero attached hydrogens (tertiary/aromatic N) is 3. The first-order chi connectivity index (χ1) is 20.2. The van der Waals surface area contributed by atoms with Crippen LogP contribution in [0.1, 0.15) is 50.7 Å². The molecule has 6 nitrogen and oxygen atoms in total. The molecule has 0 N–H and O–H groups in total. The largest absolute Gasteiger partial charge is 0.492 e. The molecule has 0 amide bonds. The van der Waals surface area contributed by atoms with E-state index in [0.717, 1.165) is 28.0 Å². The van der Waals surface area contributed by atoms with Crippen LogP contribution in [0.15, 0.2) is 127 Å². The van der Waals surface area contributed by atoms with Crippen LogP contribution in [0.5, 0.6) is 11.5 Å². The van der Waals surface area contributed by atoms with E-state index in [0.29, 0.717) is 41.3 Å². The third-order valence-corrected chi connectivity index (χ3v) is 6.88. The number of hydrogen-bond donors (Lipinski definition) is 0. The third kappa shape index (κ3) is 5.61. The lowest BCUT2D eigenvalue weighted by atomic mass is 9.98. The zero-order valence-corrected chi connectivity index (χ0v) is 22.1. The van der Waals surface area contributed by atoms with Gasteiger partial charge in [0.1, 0.15) is 11.5 Å². The topological polar surface area (TPSA) is 84.6 Å². The van der Waals surface area contributed by atoms with Crippen LogP contribution in [0.2, 0.25) is 0 Å². The monoisotopic (exact) mass is 535 g/mol. The van der Waals surface area contributed by atoms with Gasteiger partial charge in [-0.3, -0.25) is 9.78 Å². The number of benzene rings is 4. The van der Waals surface area contributed by atoms with Gasteiger partial charge in [-0.2, -0.15) is 5.26 Å². The molecule has 198 valence electrons. The highest BCUT2D eigenvalue weighted by atomic mass is 16.5. The minimum atomic E-state index is -0.588. The van der Waals surface area contributed by atoms with Gasteiger partial charge in [0.05, 0.1) is 41.4 Å². The van der Waals surface area contributed by atoms with Gasteiger partial charge in [0, 0.05) is 35.4 Å². The fourth-order valence-electron chi connectivity index (χ4n) is 4.81. The van der Waals surface area contributed by atoms with Crippen molar-refractivity contribution in [2.24, 2.45) is 4.99 Å². The van der Waals surface area contributed by atoms with Crippen LogP contribution in [-0.2, 0) is 0 Å². The summed E-state index contributed by atoms with van der Waals surface area (Å²) >= 11 is 0. The highest BCUT2D eigenvalue weighted by molar-refractivity contribution is 6.14. The Morgan fingerprint density at radius 2 is 1.61 bits per heavy atom. The Morgan fingerprint density at radius 1 is 0.902 bits per heavy atom. The first-order valence-electron chi connectivity index (χ1n) is 13.3. The minimum absolute atomic E-state index is 0.0570. The molecule has 0 saturated heterocycles. The number of aliphatic imine (C=N–C) groups is 1. The van der Waals surface area contributed by atoms with Crippen molar-refractivity contribution in [3.8, 4) is 17.6 Å². The molecule has 1 aliphatic heterocycles. The van der Waals surface area contributed by atoms with Crippen molar-refractivity contribution in [3.05, 3.63) is 155 Å². The first-order valence-corrected chi connectivity index (χ1v) is 13.3. The first kappa shape index (κ1) is 25.7. The second-order valence-corrected chi connectivity index (χ2v) is 9.54. The second-order valence-electron chi connectivity index (χ2n) is 9.54. The fraction of sp³-hybridized carbons (Fsp3) is 0.0857. The Labute approximate surface area is 238 Å². The molecule has 1 unspecified atom stereocenters. The van der Waals surface area contributed by atoms with Gasteiger partial charge >= 0.3 is 0 Å². The normalized spacial score (nSPS) is 12.8. The number of ether oxygens (including phenoxy) is 2. The van der Waals surface area contributed by atoms with E-state index in [2.05, 4.69) is 11.1 Å². The van der Waals surface area contributed by atoms with Gasteiger partial charge < -0.3 is 9.47 Å². The minimum Gasteiger partial charge on any atom is -0.492 e. The van der Waals surface area contributed by atoms with Gasteiger partial charge in [-0.15, -0.1) is 0 Å². The molecule has 1 atom stereocenters. The van der Waals surface area contributed by atoms with Gasteiger partial charge in [-0.1, -0.05) is 72.8 Å². The average Bonchev–Trinajstić information content (AvgIpc) is 3.04. The summed E-state index contributed by atoms with van der Waals surface area (Å²) in [5, 5.41) is 9.36. The molecule has 4 aromatic carbocycles. The van der Waals surface area contributed by atoms with E-state index >= 15 is 0 Å². The molecule has 0 bridgehead atoms. The number of carbonyl (C=O) groups excluding carboxylic acids is 1. The number of pyridine rings is 1. The second kappa shape index (κ2) is 11.7. The molecule has 0 spiro atoms. The van der Waals surface area contributed by atoms with Crippen LogP contribution < -0.4 is 9.47 Å². The Hall–Kier alpha value is -5.54. The zero-order valence-electron chi connectivity index (χ0n) is 22.1. The van der Waals surface area contributed by atoms with Crippen molar-refractivity contribution < 1.29 is 14.3 Å². The average molecular weight is 536 g/mol. The molecule has 5 aromatic rings. The van der Waals surface area contributed by atoms with Crippen molar-refractivity contribution >= 4 is 17.2 Å². The van der Waals surface area contributed by atoms with E-state index < -0.39 is 6.10 Å². The van der Waals surface area contributed by atoms with Crippen LogP contribution in [0.25, 0.3) is 0 Å². The van der Waals surface area contributed by atoms with Gasteiger partial charge in [0.2, 0.25) is 0 Å². The summed E-state index contributed by atoms with van der Waals surface area (Å²) in [5.74, 6) is 1.12. The quantitative estimate of drug-likeness (QED) is 0.205. The van der Waals surface area contributed by atoms with Crippen LogP contribution in [0.4, 0.5) is 5.69 Å². The lowest BCUT2D eigenvalue weighted by Crippen LogP contribution is -2.16. The maximum Gasteiger partial charge on any atom is 0.169 e. The SMILES string of the molecule is N#Cc1ccc(C(Oc2ccc3c(c2)OCCC3=O)c2ccncc2N=C(c2ccccc2)c2ccccc2)cc1. The van der Waals surface area contributed by atoms with E-state index in [4.69, 9.17) is 14.5 Å². The number of nitriles is 1. The van der Waals surface area contributed by atoms with Crippen LogP contribution in [-0.4, -0.2) is 23.1 Å². The standard InChI is InChI=1S/C35H25N3O3/c36-22-24-11-13-27(14-12-24)35(41-28-15-16-30-32(39)18-20-40-33(30)21-28)29-17-19-37-23-31(29)38-34(25-7-3-1-4-8-25)26-9-5-2-6-10-26/h1-17,19,21,23,35H,18,20H2. The van der Waals surface area contributed by atoms with Crippen molar-refractivity contribution in [2.75, 3.05) is 6.61 Å². The lowest BCUT2D eigenvalue weighted by molar-refractivity contribution is 0.0933. The maximum absolute atomic E-state index is 12.3. The Morgan fingerprint density at radius 3 is 2.29 bits per heavy atom. The Bertz CT molecular complexity index is 1720. The Kier molecular flexibility index (Phi) is 7.33. The number of fused-ring (bicyclic) bond motifs is 1. The molecule has 0 fully saturated rings. The van der Waals surface area contributed by atoms with E-state index in [1.807, 2.05) is 78.9 Å². The molecule has 41 heavy (non-hydrogen) atoms. The number of carbonyl (C=O) groups is 1. The van der Waals surface area contributed by atoms with E-state index in [1.54, 1.807) is 42.7 Å². The van der Waals surface area contributed by atoms with Crippen molar-refractivity contribution in [3.63, 3.8) is 0 Å². The molecular weight excluding hydrogens is 510 g/mol. The summed E-state index contributed by atoms with van der Waals surface area (Å²) in [5.41, 5.74) is 6.14. The summed E-state index contributed by atoms with van der Waals surface area (Å²) in [4.78, 5) is 21.9. The summed E-state index contributed by atoms with van der Waals surface area (Å²) in [6.07, 6.45) is 3.23. The summed E-state index contributed by atoms with van der Waals surface area (Å²) < 4.78 is 12.4. The van der Waals surface area contributed by atoms with E-state index in [9.17, 15) is 10.1 Å². The highest BCUT2D eigenvalue weighted by Crippen LogP contribution is 2.37. The van der Waals surface area contributed by atoms with E-state index in [-0.39, 0.29) is 5.78 Å². The zero-order chi connectivity index (χ0) is 28.0. The molecule has 6 rings (SSSR count). The maximum atomic E-state index is 12.3. The van der Waals surface area contributed by atoms with Crippen LogP contribution in [0, 0.1) is 11.3 Å². The number of aromatic nitrogens is 1. The summed E-state index contributed by atoms with van der Waals surface area (Å²) in [6.45, 7) is 0.347. The highest BCUT2D eigenvalue weighted by Gasteiger charge is 2.24. The van der Waals surface area contributed by atoms with Gasteiger partial charge in [0.25, 0.3) is 0 Å². The Balaban J connectivity index is 1.48. The number of rotatable bonds is 7. The molecule has 2 heterocycles. The van der Waals surface area contributed by atoms with Gasteiger partial charge in [-0.25, -0.2) is 4.99 Å². The summed E-state index contributed by atoms with van der Waals surface area (Å²) in [6, 6.07) is 36.7. The number of hydrogen-bond acceptors (Lipinski definition) is 6. The van der Waals surface area contributed by atoms with Crippen LogP contribution in [0.3, 0.4) is 0 Å². The molecule has 0 radical (unpaired) electrons. The lowest BCUT2D eigenvalue weighted by Gasteiger charge is -2.23. The molecule has 0 aliphatic carbocycles. The van der Waals surface area contributed by atoms with Crippen LogP contribution >= 0.6 is 0 Å². The smallest absolute Gasteiger partial charge is 0.169 e. The molecular formula is C35H25N3O3. The molecule has 0 saturated carbocycles. The molecule has 1 aliphatic rings. The van der Waals surface area contributed by atoms with E-state index in [1.165, 1.54) is 0 Å². The van der Waals surface area contributed by atoms with Gasteiger partial charge in [-0.05, 0) is 35.9 Å². The molecule has 6 heteroatoms. The predicted octanol–water partition coefficient (Wildman–Crippen LogP) is 7.26. The van der Waals surface area contributed by atoms with Gasteiger partial charge in [0.15, 0.2) is 11.9 Å². The van der Waals surface area contributed by atoms with Crippen molar-refractivity contribution in [1.29, 1.82) is 5.26 Å². The number of ketones is 1. The van der Waals surface area contributed by atoms with Crippen molar-refractivity contribution in [1.82, 2.24) is 4.98 Å². The fourth-order valence-corrected chi connectivity index (χ4v) is 4.81. The number of Topliss-reactive ketones (excluding diaryl/α,β-unsaturated/α-hetero) is 1. The predicted molar refractivity (Wildman–Crippen MR) is 157 cm³/mol. The third-order valence-electron chi connectivity index (χ3n) is 6.88.